The maximum absolute atomic E-state index is 12.4. The van der Waals surface area contributed by atoms with Crippen LogP contribution >= 0.6 is 0 Å². The Morgan fingerprint density at radius 1 is 1.15 bits per heavy atom. The van der Waals surface area contributed by atoms with Gasteiger partial charge in [-0.05, 0) is 24.1 Å². The van der Waals surface area contributed by atoms with Gasteiger partial charge in [0.15, 0.2) is 6.61 Å². The first-order valence-electron chi connectivity index (χ1n) is 10.2. The number of aryl methyl sites for hydroxylation is 1. The van der Waals surface area contributed by atoms with E-state index in [4.69, 9.17) is 4.74 Å². The van der Waals surface area contributed by atoms with Gasteiger partial charge in [-0.2, -0.15) is 0 Å². The van der Waals surface area contributed by atoms with E-state index in [1.165, 1.54) is 24.3 Å². The molecule has 1 atom stereocenters. The SMILES string of the molecule is CCc1ccccc1NC(=O)COC(=O)[C@@H]1CC(=O)N(NC(=O)c2ccccc2[N+](=O)[O-])C1. The van der Waals surface area contributed by atoms with Gasteiger partial charge >= 0.3 is 5.97 Å². The molecule has 0 aromatic heterocycles. The second kappa shape index (κ2) is 10.4. The van der Waals surface area contributed by atoms with Crippen molar-refractivity contribution < 1.29 is 28.8 Å². The number of nitro groups is 1. The van der Waals surface area contributed by atoms with Gasteiger partial charge in [-0.1, -0.05) is 37.3 Å². The number of hydrogen-bond acceptors (Lipinski definition) is 7. The maximum atomic E-state index is 12.4. The van der Waals surface area contributed by atoms with Crippen LogP contribution in [0.3, 0.4) is 0 Å². The number of hydrazine groups is 1. The molecule has 11 nitrogen and oxygen atoms in total. The smallest absolute Gasteiger partial charge is 0.311 e. The van der Waals surface area contributed by atoms with E-state index in [0.717, 1.165) is 10.6 Å². The number of nitrogens with zero attached hydrogens (tertiary/aromatic N) is 2. The number of carbonyl (C=O) groups excluding carboxylic acids is 4. The monoisotopic (exact) mass is 454 g/mol. The quantitative estimate of drug-likeness (QED) is 0.351. The number of nitro benzene ring substituents is 1. The number of rotatable bonds is 8. The molecule has 2 aromatic carbocycles. The van der Waals surface area contributed by atoms with Crippen molar-refractivity contribution in [2.75, 3.05) is 18.5 Å². The summed E-state index contributed by atoms with van der Waals surface area (Å²) in [5.41, 5.74) is 3.22. The van der Waals surface area contributed by atoms with Crippen molar-refractivity contribution in [1.82, 2.24) is 10.4 Å². The molecule has 1 heterocycles. The highest BCUT2D eigenvalue weighted by atomic mass is 16.6. The molecule has 1 aliphatic heterocycles. The predicted octanol–water partition coefficient (Wildman–Crippen LogP) is 1.83. The van der Waals surface area contributed by atoms with Gasteiger partial charge in [0.2, 0.25) is 5.91 Å². The maximum Gasteiger partial charge on any atom is 0.311 e. The Kier molecular flexibility index (Phi) is 7.34. The van der Waals surface area contributed by atoms with Crippen LogP contribution in [0.4, 0.5) is 11.4 Å². The highest BCUT2D eigenvalue weighted by Crippen LogP contribution is 2.21. The molecule has 3 amide bonds. The summed E-state index contributed by atoms with van der Waals surface area (Å²) in [6.07, 6.45) is 0.490. The third-order valence-electron chi connectivity index (χ3n) is 5.06. The summed E-state index contributed by atoms with van der Waals surface area (Å²) in [5.74, 6) is -3.57. The normalized spacial score (nSPS) is 15.1. The van der Waals surface area contributed by atoms with Crippen molar-refractivity contribution >= 4 is 35.1 Å². The van der Waals surface area contributed by atoms with Gasteiger partial charge in [0.1, 0.15) is 5.56 Å². The summed E-state index contributed by atoms with van der Waals surface area (Å²) in [6, 6.07) is 12.5. The minimum atomic E-state index is -0.890. The molecule has 2 aromatic rings. The summed E-state index contributed by atoms with van der Waals surface area (Å²) in [4.78, 5) is 59.5. The summed E-state index contributed by atoms with van der Waals surface area (Å²) in [7, 11) is 0. The lowest BCUT2D eigenvalue weighted by atomic mass is 10.1. The lowest BCUT2D eigenvalue weighted by Crippen LogP contribution is -2.43. The number of carbonyl (C=O) groups is 4. The van der Waals surface area contributed by atoms with Crippen LogP contribution < -0.4 is 10.7 Å². The molecule has 1 aliphatic rings. The fourth-order valence-corrected chi connectivity index (χ4v) is 3.37. The van der Waals surface area contributed by atoms with Gasteiger partial charge in [-0.3, -0.25) is 39.7 Å². The molecule has 2 N–H and O–H groups in total. The second-order valence-electron chi connectivity index (χ2n) is 7.29. The minimum absolute atomic E-state index is 0.176. The van der Waals surface area contributed by atoms with E-state index in [9.17, 15) is 29.3 Å². The molecule has 172 valence electrons. The number of benzene rings is 2. The van der Waals surface area contributed by atoms with Gasteiger partial charge in [0.05, 0.1) is 17.4 Å². The highest BCUT2D eigenvalue weighted by molar-refractivity contribution is 5.99. The summed E-state index contributed by atoms with van der Waals surface area (Å²) >= 11 is 0. The van der Waals surface area contributed by atoms with E-state index >= 15 is 0 Å². The average Bonchev–Trinajstić information content (AvgIpc) is 3.17. The fraction of sp³-hybridized carbons (Fsp3) is 0.273. The van der Waals surface area contributed by atoms with E-state index in [-0.39, 0.29) is 18.5 Å². The van der Waals surface area contributed by atoms with E-state index in [2.05, 4.69) is 10.7 Å². The van der Waals surface area contributed by atoms with Crippen LogP contribution in [0.5, 0.6) is 0 Å². The fourth-order valence-electron chi connectivity index (χ4n) is 3.37. The molecule has 11 heteroatoms. The molecule has 1 saturated heterocycles. The Balaban J connectivity index is 1.53. The van der Waals surface area contributed by atoms with E-state index < -0.39 is 46.8 Å². The number of anilines is 1. The lowest BCUT2D eigenvalue weighted by Gasteiger charge is -2.17. The molecule has 1 fully saturated rings. The zero-order valence-electron chi connectivity index (χ0n) is 17.8. The molecule has 0 unspecified atom stereocenters. The molecule has 0 radical (unpaired) electrons. The topological polar surface area (TPSA) is 148 Å². The molecule has 0 bridgehead atoms. The Morgan fingerprint density at radius 3 is 2.58 bits per heavy atom. The third kappa shape index (κ3) is 5.70. The van der Waals surface area contributed by atoms with Crippen LogP contribution in [-0.2, 0) is 25.5 Å². The number of amides is 3. The van der Waals surface area contributed by atoms with Crippen LogP contribution in [0.1, 0.15) is 29.3 Å². The second-order valence-corrected chi connectivity index (χ2v) is 7.29. The molecule has 3 rings (SSSR count). The summed E-state index contributed by atoms with van der Waals surface area (Å²) < 4.78 is 5.04. The number of nitrogens with one attached hydrogen (secondary N) is 2. The Hall–Kier alpha value is -4.28. The number of esters is 1. The first-order valence-corrected chi connectivity index (χ1v) is 10.2. The molecule has 0 spiro atoms. The van der Waals surface area contributed by atoms with Crippen molar-refractivity contribution in [2.24, 2.45) is 5.92 Å². The van der Waals surface area contributed by atoms with Crippen LogP contribution in [0.15, 0.2) is 48.5 Å². The van der Waals surface area contributed by atoms with Crippen LogP contribution in [0.2, 0.25) is 0 Å². The van der Waals surface area contributed by atoms with E-state index in [0.29, 0.717) is 12.1 Å². The molecule has 0 saturated carbocycles. The first kappa shape index (κ1) is 23.4. The van der Waals surface area contributed by atoms with Crippen molar-refractivity contribution in [1.29, 1.82) is 0 Å². The largest absolute Gasteiger partial charge is 0.455 e. The zero-order valence-corrected chi connectivity index (χ0v) is 17.8. The number of ether oxygens (including phenoxy) is 1. The first-order chi connectivity index (χ1) is 15.8. The average molecular weight is 454 g/mol. The molecule has 33 heavy (non-hydrogen) atoms. The Morgan fingerprint density at radius 2 is 1.85 bits per heavy atom. The van der Waals surface area contributed by atoms with Crippen molar-refractivity contribution in [3.8, 4) is 0 Å². The van der Waals surface area contributed by atoms with Gasteiger partial charge < -0.3 is 10.1 Å². The van der Waals surface area contributed by atoms with E-state index in [1.54, 1.807) is 12.1 Å². The molecular weight excluding hydrogens is 432 g/mol. The Bertz CT molecular complexity index is 1100. The van der Waals surface area contributed by atoms with Gasteiger partial charge in [0.25, 0.3) is 17.5 Å². The van der Waals surface area contributed by atoms with Crippen LogP contribution in [0, 0.1) is 16.0 Å². The minimum Gasteiger partial charge on any atom is -0.455 e. The van der Waals surface area contributed by atoms with Crippen molar-refractivity contribution in [2.45, 2.75) is 19.8 Å². The van der Waals surface area contributed by atoms with Crippen LogP contribution in [0.25, 0.3) is 0 Å². The number of hydrogen-bond donors (Lipinski definition) is 2. The summed E-state index contributed by atoms with van der Waals surface area (Å²) in [5, 5.41) is 14.7. The molecular formula is C22H22N4O7. The third-order valence-corrected chi connectivity index (χ3v) is 5.06. The number of para-hydroxylation sites is 2. The zero-order chi connectivity index (χ0) is 24.0. The summed E-state index contributed by atoms with van der Waals surface area (Å²) in [6.45, 7) is 1.25. The van der Waals surface area contributed by atoms with Crippen molar-refractivity contribution in [3.05, 3.63) is 69.8 Å². The highest BCUT2D eigenvalue weighted by Gasteiger charge is 2.37. The van der Waals surface area contributed by atoms with Gasteiger partial charge in [0, 0.05) is 18.2 Å². The Labute approximate surface area is 188 Å². The lowest BCUT2D eigenvalue weighted by molar-refractivity contribution is -0.385. The van der Waals surface area contributed by atoms with Crippen molar-refractivity contribution in [3.63, 3.8) is 0 Å². The molecule has 0 aliphatic carbocycles. The van der Waals surface area contributed by atoms with Gasteiger partial charge in [-0.15, -0.1) is 0 Å². The predicted molar refractivity (Wildman–Crippen MR) is 116 cm³/mol. The standard InChI is InChI=1S/C22H22N4O7/c1-2-14-7-3-5-9-17(14)23-19(27)13-33-22(30)15-11-20(28)25(12-15)24-21(29)16-8-4-6-10-18(16)26(31)32/h3-10,15H,2,11-13H2,1H3,(H,23,27)(H,24,29)/t15-/m1/s1. The van der Waals surface area contributed by atoms with Gasteiger partial charge in [-0.25, -0.2) is 0 Å². The van der Waals surface area contributed by atoms with E-state index in [1.807, 2.05) is 19.1 Å². The van der Waals surface area contributed by atoms with Crippen LogP contribution in [-0.4, -0.2) is 46.8 Å².